The van der Waals surface area contributed by atoms with Crippen LogP contribution in [0.5, 0.6) is 0 Å². The molecule has 212 valence electrons. The zero-order valence-electron chi connectivity index (χ0n) is 24.4. The number of H-pyrrole nitrogens is 1. The number of nitrogens with zero attached hydrogens (tertiary/aromatic N) is 1. The summed E-state index contributed by atoms with van der Waals surface area (Å²) in [6.45, 7) is 0. The summed E-state index contributed by atoms with van der Waals surface area (Å²) in [5.74, 6) is 0. The minimum Gasteiger partial charge on any atom is -0.353 e. The highest BCUT2D eigenvalue weighted by atomic mass is 32.1. The maximum absolute atomic E-state index is 3.77. The molecule has 0 fully saturated rings. The van der Waals surface area contributed by atoms with Crippen LogP contribution in [0.1, 0.15) is 0 Å². The number of thiophene rings is 1. The van der Waals surface area contributed by atoms with Gasteiger partial charge in [0.05, 0.1) is 10.2 Å². The summed E-state index contributed by atoms with van der Waals surface area (Å²) >= 11 is 1.88. The normalized spacial score (nSPS) is 11.6. The van der Waals surface area contributed by atoms with Crippen molar-refractivity contribution in [2.24, 2.45) is 0 Å². The van der Waals surface area contributed by atoms with Gasteiger partial charge in [0.15, 0.2) is 0 Å². The number of aromatic amines is 1. The minimum absolute atomic E-state index is 1.13. The van der Waals surface area contributed by atoms with Crippen LogP contribution in [-0.4, -0.2) is 4.98 Å². The maximum atomic E-state index is 3.77. The third kappa shape index (κ3) is 4.40. The molecular formula is C42H28N2S. The van der Waals surface area contributed by atoms with Crippen LogP contribution in [0, 0.1) is 0 Å². The molecule has 45 heavy (non-hydrogen) atoms. The molecule has 0 aliphatic heterocycles. The van der Waals surface area contributed by atoms with E-state index in [0.29, 0.717) is 0 Å². The number of aromatic nitrogens is 1. The molecule has 2 nitrogen and oxygen atoms in total. The van der Waals surface area contributed by atoms with Gasteiger partial charge in [-0.05, 0) is 82.9 Å². The van der Waals surface area contributed by atoms with E-state index in [4.69, 9.17) is 0 Å². The first-order valence-electron chi connectivity index (χ1n) is 15.3. The van der Waals surface area contributed by atoms with E-state index in [0.717, 1.165) is 17.1 Å². The first-order chi connectivity index (χ1) is 22.3. The molecule has 0 saturated heterocycles. The zero-order chi connectivity index (χ0) is 29.7. The molecule has 0 aliphatic carbocycles. The van der Waals surface area contributed by atoms with Gasteiger partial charge in [0.1, 0.15) is 0 Å². The summed E-state index contributed by atoms with van der Waals surface area (Å²) in [6, 6.07) is 58.9. The quantitative estimate of drug-likeness (QED) is 0.211. The molecule has 0 spiro atoms. The van der Waals surface area contributed by atoms with Gasteiger partial charge in [-0.2, -0.15) is 0 Å². The Morgan fingerprint density at radius 1 is 0.400 bits per heavy atom. The highest BCUT2D eigenvalue weighted by molar-refractivity contribution is 7.26. The number of fused-ring (bicyclic) bond motifs is 7. The van der Waals surface area contributed by atoms with Crippen LogP contribution in [0.4, 0.5) is 17.1 Å². The Morgan fingerprint density at radius 2 is 0.933 bits per heavy atom. The van der Waals surface area contributed by atoms with Crippen LogP contribution in [0.25, 0.3) is 64.2 Å². The van der Waals surface area contributed by atoms with Crippen molar-refractivity contribution in [3.63, 3.8) is 0 Å². The Hall–Kier alpha value is -5.64. The fourth-order valence-electron chi connectivity index (χ4n) is 6.59. The third-order valence-electron chi connectivity index (χ3n) is 8.80. The van der Waals surface area contributed by atoms with Crippen LogP contribution >= 0.6 is 11.3 Å². The lowest BCUT2D eigenvalue weighted by atomic mass is 10.0. The highest BCUT2D eigenvalue weighted by Gasteiger charge is 2.15. The van der Waals surface area contributed by atoms with E-state index < -0.39 is 0 Å². The van der Waals surface area contributed by atoms with Gasteiger partial charge in [0, 0.05) is 48.8 Å². The summed E-state index contributed by atoms with van der Waals surface area (Å²) in [7, 11) is 0. The molecule has 0 saturated carbocycles. The van der Waals surface area contributed by atoms with Crippen molar-refractivity contribution in [3.8, 4) is 22.3 Å². The standard InChI is InChI=1S/C42H28N2S/c1-4-10-28(11-5-1)31-19-25-40-38(27-31)36-23-22-35-37-26-30(18-24-39(37)43-41(35)42(36)45-40)29-16-20-34(21-17-29)44(32-12-6-2-7-13-32)33-14-8-3-9-15-33/h1-27,43H. The molecule has 0 bridgehead atoms. The van der Waals surface area contributed by atoms with Gasteiger partial charge < -0.3 is 9.88 Å². The SMILES string of the molecule is c1ccc(-c2ccc3sc4c(ccc5c6cc(-c7ccc(N(c8ccccc8)c8ccccc8)cc7)ccc6[nH]c54)c3c2)cc1. The Kier molecular flexibility index (Phi) is 6.03. The third-order valence-corrected chi connectivity index (χ3v) is 10.0. The summed E-state index contributed by atoms with van der Waals surface area (Å²) in [5.41, 5.74) is 10.7. The Morgan fingerprint density at radius 3 is 1.62 bits per heavy atom. The van der Waals surface area contributed by atoms with E-state index in [9.17, 15) is 0 Å². The number of nitrogens with one attached hydrogen (secondary N) is 1. The fraction of sp³-hybridized carbons (Fsp3) is 0. The Balaban J connectivity index is 1.11. The first kappa shape index (κ1) is 25.8. The molecule has 9 rings (SSSR count). The van der Waals surface area contributed by atoms with Gasteiger partial charge in [-0.25, -0.2) is 0 Å². The van der Waals surface area contributed by atoms with Crippen LogP contribution in [0.15, 0.2) is 164 Å². The van der Waals surface area contributed by atoms with E-state index in [1.807, 2.05) is 11.3 Å². The lowest BCUT2D eigenvalue weighted by Crippen LogP contribution is -2.09. The van der Waals surface area contributed by atoms with Gasteiger partial charge in [-0.15, -0.1) is 11.3 Å². The summed E-state index contributed by atoms with van der Waals surface area (Å²) in [6.07, 6.45) is 0. The monoisotopic (exact) mass is 592 g/mol. The van der Waals surface area contributed by atoms with Gasteiger partial charge in [0.2, 0.25) is 0 Å². The van der Waals surface area contributed by atoms with Gasteiger partial charge >= 0.3 is 0 Å². The van der Waals surface area contributed by atoms with E-state index in [1.165, 1.54) is 64.2 Å². The van der Waals surface area contributed by atoms with Crippen LogP contribution in [0.2, 0.25) is 0 Å². The second-order valence-electron chi connectivity index (χ2n) is 11.5. The second kappa shape index (κ2) is 10.5. The van der Waals surface area contributed by atoms with Crippen LogP contribution in [0.3, 0.4) is 0 Å². The number of hydrogen-bond donors (Lipinski definition) is 1. The largest absolute Gasteiger partial charge is 0.353 e. The van der Waals surface area contributed by atoms with Crippen molar-refractivity contribution in [2.75, 3.05) is 4.90 Å². The van der Waals surface area contributed by atoms with E-state index in [-0.39, 0.29) is 0 Å². The zero-order valence-corrected chi connectivity index (χ0v) is 25.3. The summed E-state index contributed by atoms with van der Waals surface area (Å²) in [4.78, 5) is 6.07. The van der Waals surface area contributed by atoms with Crippen LogP contribution < -0.4 is 4.90 Å². The molecule has 0 unspecified atom stereocenters. The minimum atomic E-state index is 1.13. The van der Waals surface area contributed by atoms with Crippen molar-refractivity contribution in [2.45, 2.75) is 0 Å². The average Bonchev–Trinajstić information content (AvgIpc) is 3.68. The molecule has 3 heteroatoms. The number of rotatable bonds is 5. The predicted octanol–water partition coefficient (Wildman–Crippen LogP) is 12.5. The molecule has 2 heterocycles. The summed E-state index contributed by atoms with van der Waals surface area (Å²) in [5, 5.41) is 5.15. The number of hydrogen-bond acceptors (Lipinski definition) is 2. The molecule has 2 aromatic heterocycles. The first-order valence-corrected chi connectivity index (χ1v) is 16.1. The predicted molar refractivity (Wildman–Crippen MR) is 194 cm³/mol. The molecule has 7 aromatic carbocycles. The lowest BCUT2D eigenvalue weighted by molar-refractivity contribution is 1.28. The van der Waals surface area contributed by atoms with Gasteiger partial charge in [0.25, 0.3) is 0 Å². The Labute approximate surface area is 265 Å². The van der Waals surface area contributed by atoms with Crippen LogP contribution in [-0.2, 0) is 0 Å². The molecule has 0 atom stereocenters. The van der Waals surface area contributed by atoms with Crippen molar-refractivity contribution in [1.29, 1.82) is 0 Å². The highest BCUT2D eigenvalue weighted by Crippen LogP contribution is 2.42. The molecule has 0 aliphatic rings. The number of para-hydroxylation sites is 2. The average molecular weight is 593 g/mol. The van der Waals surface area contributed by atoms with E-state index in [1.54, 1.807) is 0 Å². The smallest absolute Gasteiger partial charge is 0.0646 e. The molecule has 0 radical (unpaired) electrons. The maximum Gasteiger partial charge on any atom is 0.0646 e. The van der Waals surface area contributed by atoms with Crippen molar-refractivity contribution in [1.82, 2.24) is 4.98 Å². The summed E-state index contributed by atoms with van der Waals surface area (Å²) < 4.78 is 2.63. The number of anilines is 3. The molecule has 0 amide bonds. The van der Waals surface area contributed by atoms with E-state index in [2.05, 4.69) is 174 Å². The topological polar surface area (TPSA) is 19.0 Å². The van der Waals surface area contributed by atoms with Crippen molar-refractivity contribution >= 4 is 70.4 Å². The molecular weight excluding hydrogens is 565 g/mol. The number of benzene rings is 7. The Bertz CT molecular complexity index is 2420. The van der Waals surface area contributed by atoms with Gasteiger partial charge in [-0.3, -0.25) is 0 Å². The van der Waals surface area contributed by atoms with E-state index >= 15 is 0 Å². The molecule has 1 N–H and O–H groups in total. The second-order valence-corrected chi connectivity index (χ2v) is 12.5. The molecule has 9 aromatic rings. The van der Waals surface area contributed by atoms with Gasteiger partial charge in [-0.1, -0.05) is 103 Å². The fourth-order valence-corrected chi connectivity index (χ4v) is 7.78. The lowest BCUT2D eigenvalue weighted by Gasteiger charge is -2.25. The van der Waals surface area contributed by atoms with Crippen molar-refractivity contribution in [3.05, 3.63) is 164 Å². The van der Waals surface area contributed by atoms with Crippen molar-refractivity contribution < 1.29 is 0 Å².